The number of carbonyl (C=O) groups excluding carboxylic acids is 2. The molecular formula is C11H20N2O3. The Morgan fingerprint density at radius 2 is 2.06 bits per heavy atom. The van der Waals surface area contributed by atoms with E-state index < -0.39 is 0 Å². The van der Waals surface area contributed by atoms with E-state index in [0.29, 0.717) is 25.9 Å². The van der Waals surface area contributed by atoms with E-state index in [0.717, 1.165) is 12.8 Å². The van der Waals surface area contributed by atoms with E-state index in [9.17, 15) is 9.59 Å². The molecule has 0 saturated heterocycles. The van der Waals surface area contributed by atoms with Crippen LogP contribution in [0.15, 0.2) is 0 Å². The van der Waals surface area contributed by atoms with Gasteiger partial charge in [-0.25, -0.2) is 0 Å². The molecule has 92 valence electrons. The van der Waals surface area contributed by atoms with Crippen molar-refractivity contribution in [2.45, 2.75) is 25.7 Å². The van der Waals surface area contributed by atoms with Crippen LogP contribution in [0.1, 0.15) is 25.7 Å². The number of rotatable bonds is 6. The third-order valence-corrected chi connectivity index (χ3v) is 3.15. The summed E-state index contributed by atoms with van der Waals surface area (Å²) < 4.78 is 4.53. The van der Waals surface area contributed by atoms with Crippen LogP contribution in [-0.2, 0) is 14.3 Å². The van der Waals surface area contributed by atoms with Crippen molar-refractivity contribution in [3.8, 4) is 0 Å². The normalized spacial score (nSPS) is 16.7. The Balaban J connectivity index is 2.27. The summed E-state index contributed by atoms with van der Waals surface area (Å²) in [7, 11) is 3.13. The zero-order valence-corrected chi connectivity index (χ0v) is 9.99. The van der Waals surface area contributed by atoms with E-state index in [4.69, 9.17) is 5.73 Å². The highest BCUT2D eigenvalue weighted by Gasteiger charge is 2.49. The number of ether oxygens (including phenoxy) is 1. The summed E-state index contributed by atoms with van der Waals surface area (Å²) in [4.78, 5) is 24.5. The molecule has 0 atom stereocenters. The number of nitrogens with two attached hydrogens (primary N) is 1. The lowest BCUT2D eigenvalue weighted by molar-refractivity contribution is -0.141. The number of hydrogen-bond acceptors (Lipinski definition) is 4. The second-order valence-electron chi connectivity index (χ2n) is 4.39. The molecule has 0 aromatic rings. The molecule has 0 aromatic carbocycles. The zero-order valence-electron chi connectivity index (χ0n) is 9.99. The first kappa shape index (κ1) is 13.0. The molecule has 1 aliphatic carbocycles. The highest BCUT2D eigenvalue weighted by molar-refractivity contribution is 5.85. The van der Waals surface area contributed by atoms with Gasteiger partial charge in [0, 0.05) is 26.6 Å². The van der Waals surface area contributed by atoms with Crippen LogP contribution in [0.4, 0.5) is 0 Å². The molecule has 16 heavy (non-hydrogen) atoms. The molecule has 5 heteroatoms. The van der Waals surface area contributed by atoms with Crippen molar-refractivity contribution in [1.29, 1.82) is 0 Å². The topological polar surface area (TPSA) is 72.6 Å². The highest BCUT2D eigenvalue weighted by Crippen LogP contribution is 2.45. The maximum absolute atomic E-state index is 11.9. The van der Waals surface area contributed by atoms with E-state index in [1.54, 1.807) is 11.9 Å². The van der Waals surface area contributed by atoms with Crippen LogP contribution in [0.2, 0.25) is 0 Å². The van der Waals surface area contributed by atoms with Gasteiger partial charge in [-0.05, 0) is 19.3 Å². The molecule has 0 heterocycles. The Kier molecular flexibility index (Phi) is 4.29. The molecule has 2 N–H and O–H groups in total. The zero-order chi connectivity index (χ0) is 12.2. The van der Waals surface area contributed by atoms with Crippen molar-refractivity contribution < 1.29 is 14.3 Å². The highest BCUT2D eigenvalue weighted by atomic mass is 16.5. The number of esters is 1. The van der Waals surface area contributed by atoms with Crippen LogP contribution in [0.3, 0.4) is 0 Å². The molecule has 0 bridgehead atoms. The lowest BCUT2D eigenvalue weighted by atomic mass is 10.1. The van der Waals surface area contributed by atoms with Crippen molar-refractivity contribution in [3.63, 3.8) is 0 Å². The quantitative estimate of drug-likeness (QED) is 0.656. The molecule has 5 nitrogen and oxygen atoms in total. The second-order valence-corrected chi connectivity index (χ2v) is 4.39. The predicted octanol–water partition coefficient (Wildman–Crippen LogP) is 0.137. The SMILES string of the molecule is COC(=O)CCCN(C)C(=O)C1(CN)CC1. The molecule has 1 rings (SSSR count). The number of carbonyl (C=O) groups is 2. The van der Waals surface area contributed by atoms with Crippen molar-refractivity contribution in [2.75, 3.05) is 27.2 Å². The van der Waals surface area contributed by atoms with Gasteiger partial charge in [0.2, 0.25) is 5.91 Å². The minimum Gasteiger partial charge on any atom is -0.469 e. The Morgan fingerprint density at radius 3 is 2.50 bits per heavy atom. The van der Waals surface area contributed by atoms with E-state index in [1.165, 1.54) is 7.11 Å². The summed E-state index contributed by atoms with van der Waals surface area (Å²) in [6.45, 7) is 1.00. The Bertz CT molecular complexity index is 274. The Labute approximate surface area is 95.9 Å². The number of amides is 1. The lowest BCUT2D eigenvalue weighted by Crippen LogP contribution is -2.38. The molecule has 0 unspecified atom stereocenters. The Morgan fingerprint density at radius 1 is 1.44 bits per heavy atom. The van der Waals surface area contributed by atoms with Crippen LogP contribution in [-0.4, -0.2) is 44.0 Å². The summed E-state index contributed by atoms with van der Waals surface area (Å²) in [5, 5.41) is 0. The van der Waals surface area contributed by atoms with Gasteiger partial charge in [-0.1, -0.05) is 0 Å². The average molecular weight is 228 g/mol. The molecule has 0 radical (unpaired) electrons. The maximum Gasteiger partial charge on any atom is 0.305 e. The van der Waals surface area contributed by atoms with Crippen LogP contribution in [0.5, 0.6) is 0 Å². The lowest BCUT2D eigenvalue weighted by Gasteiger charge is -2.22. The monoisotopic (exact) mass is 228 g/mol. The summed E-state index contributed by atoms with van der Waals surface area (Å²) in [5.74, 6) is -0.124. The third-order valence-electron chi connectivity index (χ3n) is 3.15. The van der Waals surface area contributed by atoms with Gasteiger partial charge in [-0.3, -0.25) is 9.59 Å². The van der Waals surface area contributed by atoms with Crippen molar-refractivity contribution in [2.24, 2.45) is 11.1 Å². The number of hydrogen-bond donors (Lipinski definition) is 1. The minimum atomic E-state index is -0.292. The number of methoxy groups -OCH3 is 1. The van der Waals surface area contributed by atoms with Gasteiger partial charge >= 0.3 is 5.97 Å². The van der Waals surface area contributed by atoms with Gasteiger partial charge in [0.25, 0.3) is 0 Å². The molecule has 1 saturated carbocycles. The summed E-state index contributed by atoms with van der Waals surface area (Å²) in [6, 6.07) is 0. The second kappa shape index (κ2) is 5.30. The molecular weight excluding hydrogens is 208 g/mol. The first-order valence-electron chi connectivity index (χ1n) is 5.58. The first-order chi connectivity index (χ1) is 7.55. The van der Waals surface area contributed by atoms with Crippen LogP contribution in [0.25, 0.3) is 0 Å². The minimum absolute atomic E-state index is 0.111. The fraction of sp³-hybridized carbons (Fsp3) is 0.818. The van der Waals surface area contributed by atoms with Crippen molar-refractivity contribution in [1.82, 2.24) is 4.90 Å². The molecule has 1 fully saturated rings. The molecule has 0 spiro atoms. The predicted molar refractivity (Wildman–Crippen MR) is 59.6 cm³/mol. The molecule has 0 aliphatic heterocycles. The molecule has 1 amide bonds. The van der Waals surface area contributed by atoms with E-state index in [2.05, 4.69) is 4.74 Å². The van der Waals surface area contributed by atoms with Crippen LogP contribution in [0, 0.1) is 5.41 Å². The van der Waals surface area contributed by atoms with Crippen LogP contribution >= 0.6 is 0 Å². The largest absolute Gasteiger partial charge is 0.469 e. The standard InChI is InChI=1S/C11H20N2O3/c1-13(7-3-4-9(14)16-2)10(15)11(8-12)5-6-11/h3-8,12H2,1-2H3. The van der Waals surface area contributed by atoms with Gasteiger partial charge in [0.15, 0.2) is 0 Å². The van der Waals surface area contributed by atoms with E-state index in [1.807, 2.05) is 0 Å². The van der Waals surface area contributed by atoms with E-state index in [-0.39, 0.29) is 17.3 Å². The van der Waals surface area contributed by atoms with Crippen molar-refractivity contribution >= 4 is 11.9 Å². The average Bonchev–Trinajstić information content (AvgIpc) is 3.08. The summed E-state index contributed by atoms with van der Waals surface area (Å²) in [5.41, 5.74) is 5.29. The van der Waals surface area contributed by atoms with Crippen molar-refractivity contribution in [3.05, 3.63) is 0 Å². The fourth-order valence-electron chi connectivity index (χ4n) is 1.73. The summed E-state index contributed by atoms with van der Waals surface area (Å²) >= 11 is 0. The molecule has 1 aliphatic rings. The smallest absolute Gasteiger partial charge is 0.305 e. The van der Waals surface area contributed by atoms with Gasteiger partial charge in [0.1, 0.15) is 0 Å². The Hall–Kier alpha value is -1.10. The van der Waals surface area contributed by atoms with E-state index >= 15 is 0 Å². The van der Waals surface area contributed by atoms with Crippen LogP contribution < -0.4 is 5.73 Å². The summed E-state index contributed by atoms with van der Waals surface area (Å²) in [6.07, 6.45) is 2.77. The third kappa shape index (κ3) is 2.95. The van der Waals surface area contributed by atoms with Gasteiger partial charge in [-0.2, -0.15) is 0 Å². The van der Waals surface area contributed by atoms with Gasteiger partial charge in [0.05, 0.1) is 12.5 Å². The fourth-order valence-corrected chi connectivity index (χ4v) is 1.73. The molecule has 0 aromatic heterocycles. The number of nitrogens with zero attached hydrogens (tertiary/aromatic N) is 1. The van der Waals surface area contributed by atoms with Gasteiger partial charge in [-0.15, -0.1) is 0 Å². The maximum atomic E-state index is 11.9. The van der Waals surface area contributed by atoms with Gasteiger partial charge < -0.3 is 15.4 Å². The first-order valence-corrected chi connectivity index (χ1v) is 5.58.